The lowest BCUT2D eigenvalue weighted by Crippen LogP contribution is -2.39. The summed E-state index contributed by atoms with van der Waals surface area (Å²) in [6.07, 6.45) is 1.81. The van der Waals surface area contributed by atoms with Gasteiger partial charge in [0.25, 0.3) is 5.91 Å². The summed E-state index contributed by atoms with van der Waals surface area (Å²) in [5.41, 5.74) is 0. The van der Waals surface area contributed by atoms with Crippen LogP contribution >= 0.6 is 15.9 Å². The predicted octanol–water partition coefficient (Wildman–Crippen LogP) is 1.79. The van der Waals surface area contributed by atoms with Crippen LogP contribution in [0.1, 0.15) is 20.3 Å². The average molecular weight is 312 g/mol. The zero-order valence-electron chi connectivity index (χ0n) is 10.2. The van der Waals surface area contributed by atoms with Gasteiger partial charge in [0.1, 0.15) is 11.9 Å². The maximum atomic E-state index is 12.1. The van der Waals surface area contributed by atoms with Crippen molar-refractivity contribution in [2.24, 2.45) is 0 Å². The Morgan fingerprint density at radius 1 is 1.50 bits per heavy atom. The number of carbonyl (C=O) groups excluding carboxylic acids is 2. The Hall–Kier alpha value is -1.43. The van der Waals surface area contributed by atoms with Gasteiger partial charge in [-0.3, -0.25) is 14.5 Å². The number of hydrogen-bond acceptors (Lipinski definition) is 4. The van der Waals surface area contributed by atoms with E-state index in [0.29, 0.717) is 5.82 Å². The molecule has 1 saturated heterocycles. The number of pyridine rings is 1. The summed E-state index contributed by atoms with van der Waals surface area (Å²) in [7, 11) is 0. The topological polar surface area (TPSA) is 62.3 Å². The molecule has 1 fully saturated rings. The molecule has 2 heterocycles. The van der Waals surface area contributed by atoms with Crippen molar-refractivity contribution in [3.8, 4) is 0 Å². The summed E-state index contributed by atoms with van der Waals surface area (Å²) in [4.78, 5) is 29.2. The van der Waals surface area contributed by atoms with Crippen molar-refractivity contribution in [1.82, 2.24) is 9.88 Å². The molecule has 1 aromatic rings. The molecular formula is C12H14BrN3O2. The number of likely N-dealkylation sites (tertiary alicyclic amines) is 1. The Kier molecular flexibility index (Phi) is 3.65. The maximum Gasteiger partial charge on any atom is 0.252 e. The summed E-state index contributed by atoms with van der Waals surface area (Å²) in [5, 5.41) is 3.00. The zero-order valence-corrected chi connectivity index (χ0v) is 11.8. The van der Waals surface area contributed by atoms with Gasteiger partial charge in [-0.2, -0.15) is 0 Å². The molecule has 1 aromatic heterocycles. The van der Waals surface area contributed by atoms with Gasteiger partial charge >= 0.3 is 0 Å². The lowest BCUT2D eigenvalue weighted by atomic mass is 10.2. The van der Waals surface area contributed by atoms with E-state index >= 15 is 0 Å². The van der Waals surface area contributed by atoms with Gasteiger partial charge in [-0.05, 0) is 41.9 Å². The van der Waals surface area contributed by atoms with Crippen LogP contribution in [0.3, 0.4) is 0 Å². The number of amides is 2. The van der Waals surface area contributed by atoms with E-state index in [1.54, 1.807) is 12.3 Å². The second-order valence-corrected chi connectivity index (χ2v) is 5.28. The van der Waals surface area contributed by atoms with Gasteiger partial charge in [0.15, 0.2) is 0 Å². The molecule has 0 aliphatic carbocycles. The summed E-state index contributed by atoms with van der Waals surface area (Å²) in [6, 6.07) is 2.99. The average Bonchev–Trinajstić information content (AvgIpc) is 2.57. The van der Waals surface area contributed by atoms with Gasteiger partial charge < -0.3 is 5.32 Å². The summed E-state index contributed by atoms with van der Waals surface area (Å²) >= 11 is 3.35. The highest BCUT2D eigenvalue weighted by Gasteiger charge is 2.40. The molecule has 0 bridgehead atoms. The van der Waals surface area contributed by atoms with Crippen molar-refractivity contribution in [3.05, 3.63) is 22.8 Å². The Labute approximate surface area is 114 Å². The Morgan fingerprint density at radius 2 is 2.22 bits per heavy atom. The van der Waals surface area contributed by atoms with Crippen LogP contribution in [-0.4, -0.2) is 33.8 Å². The Bertz CT molecular complexity index is 490. The molecule has 96 valence electrons. The molecule has 0 spiro atoms. The number of rotatable bonds is 3. The van der Waals surface area contributed by atoms with E-state index in [-0.39, 0.29) is 24.3 Å². The van der Waals surface area contributed by atoms with Crippen molar-refractivity contribution in [2.45, 2.75) is 32.4 Å². The third-order valence-electron chi connectivity index (χ3n) is 2.77. The fourth-order valence-electron chi connectivity index (χ4n) is 1.96. The van der Waals surface area contributed by atoms with Crippen LogP contribution in [0.15, 0.2) is 22.8 Å². The molecule has 1 atom stereocenters. The number of nitrogens with one attached hydrogen (secondary N) is 1. The summed E-state index contributed by atoms with van der Waals surface area (Å²) < 4.78 is 0.772. The van der Waals surface area contributed by atoms with Gasteiger partial charge in [-0.25, -0.2) is 4.98 Å². The minimum atomic E-state index is -0.522. The molecule has 0 radical (unpaired) electrons. The van der Waals surface area contributed by atoms with E-state index < -0.39 is 6.04 Å². The molecule has 0 saturated carbocycles. The van der Waals surface area contributed by atoms with Crippen molar-refractivity contribution in [3.63, 3.8) is 0 Å². The van der Waals surface area contributed by atoms with Gasteiger partial charge in [0.05, 0.1) is 10.9 Å². The van der Waals surface area contributed by atoms with Crippen LogP contribution in [0, 0.1) is 0 Å². The predicted molar refractivity (Wildman–Crippen MR) is 71.0 cm³/mol. The van der Waals surface area contributed by atoms with E-state index in [4.69, 9.17) is 0 Å². The minimum absolute atomic E-state index is 0.107. The molecular weight excluding hydrogens is 298 g/mol. The molecule has 1 aliphatic heterocycles. The standard InChI is InChI=1S/C12H14BrN3O2/c1-7(2)16-10(17)6-9(12(16)18)15-11-8(13)4-3-5-14-11/h3-5,7,9H,6H2,1-2H3,(H,14,15). The number of anilines is 1. The highest BCUT2D eigenvalue weighted by molar-refractivity contribution is 9.10. The number of carbonyl (C=O) groups is 2. The van der Waals surface area contributed by atoms with Crippen molar-refractivity contribution < 1.29 is 9.59 Å². The number of nitrogens with zero attached hydrogens (tertiary/aromatic N) is 2. The van der Waals surface area contributed by atoms with Crippen LogP contribution in [-0.2, 0) is 9.59 Å². The quantitative estimate of drug-likeness (QED) is 0.865. The Morgan fingerprint density at radius 3 is 2.78 bits per heavy atom. The van der Waals surface area contributed by atoms with E-state index in [1.807, 2.05) is 19.9 Å². The number of hydrogen-bond donors (Lipinski definition) is 1. The zero-order chi connectivity index (χ0) is 13.3. The lowest BCUT2D eigenvalue weighted by Gasteiger charge is -2.19. The van der Waals surface area contributed by atoms with Gasteiger partial charge in [0, 0.05) is 12.2 Å². The molecule has 1 aliphatic rings. The van der Waals surface area contributed by atoms with Crippen LogP contribution in [0.5, 0.6) is 0 Å². The second kappa shape index (κ2) is 5.06. The number of imide groups is 1. The maximum absolute atomic E-state index is 12.1. The Balaban J connectivity index is 2.15. The first-order valence-corrected chi connectivity index (χ1v) is 6.53. The van der Waals surface area contributed by atoms with E-state index in [2.05, 4.69) is 26.2 Å². The van der Waals surface area contributed by atoms with Crippen molar-refractivity contribution in [1.29, 1.82) is 0 Å². The van der Waals surface area contributed by atoms with Crippen LogP contribution in [0.4, 0.5) is 5.82 Å². The first-order valence-electron chi connectivity index (χ1n) is 5.73. The first-order chi connectivity index (χ1) is 8.50. The molecule has 2 rings (SSSR count). The van der Waals surface area contributed by atoms with Crippen LogP contribution in [0.25, 0.3) is 0 Å². The third kappa shape index (κ3) is 2.38. The van der Waals surface area contributed by atoms with Crippen molar-refractivity contribution in [2.75, 3.05) is 5.32 Å². The molecule has 1 unspecified atom stereocenters. The summed E-state index contributed by atoms with van der Waals surface area (Å²) in [6.45, 7) is 3.66. The van der Waals surface area contributed by atoms with E-state index in [9.17, 15) is 9.59 Å². The fourth-order valence-corrected chi connectivity index (χ4v) is 2.33. The molecule has 1 N–H and O–H groups in total. The smallest absolute Gasteiger partial charge is 0.252 e. The monoisotopic (exact) mass is 311 g/mol. The summed E-state index contributed by atoms with van der Waals surface area (Å²) in [5.74, 6) is 0.251. The normalized spacial score (nSPS) is 19.8. The van der Waals surface area contributed by atoms with E-state index in [1.165, 1.54) is 4.90 Å². The molecule has 6 heteroatoms. The molecule has 18 heavy (non-hydrogen) atoms. The molecule has 5 nitrogen and oxygen atoms in total. The van der Waals surface area contributed by atoms with Crippen LogP contribution in [0.2, 0.25) is 0 Å². The van der Waals surface area contributed by atoms with Gasteiger partial charge in [-0.15, -0.1) is 0 Å². The van der Waals surface area contributed by atoms with Gasteiger partial charge in [0.2, 0.25) is 5.91 Å². The molecule has 2 amide bonds. The van der Waals surface area contributed by atoms with Crippen molar-refractivity contribution >= 4 is 33.6 Å². The van der Waals surface area contributed by atoms with Crippen LogP contribution < -0.4 is 5.32 Å². The minimum Gasteiger partial charge on any atom is -0.357 e. The second-order valence-electron chi connectivity index (χ2n) is 4.43. The number of aromatic nitrogens is 1. The lowest BCUT2D eigenvalue weighted by molar-refractivity contribution is -0.140. The SMILES string of the molecule is CC(C)N1C(=O)CC(Nc2ncccc2Br)C1=O. The number of halogens is 1. The largest absolute Gasteiger partial charge is 0.357 e. The highest BCUT2D eigenvalue weighted by Crippen LogP contribution is 2.23. The van der Waals surface area contributed by atoms with E-state index in [0.717, 1.165) is 4.47 Å². The molecule has 0 aromatic carbocycles. The van der Waals surface area contributed by atoms with Gasteiger partial charge in [-0.1, -0.05) is 0 Å². The third-order valence-corrected chi connectivity index (χ3v) is 3.41. The fraction of sp³-hybridized carbons (Fsp3) is 0.417. The highest BCUT2D eigenvalue weighted by atomic mass is 79.9. The first kappa shape index (κ1) is 13.0.